The number of rotatable bonds is 2. The van der Waals surface area contributed by atoms with Gasteiger partial charge in [0, 0.05) is 16.5 Å². The molecule has 0 bridgehead atoms. The summed E-state index contributed by atoms with van der Waals surface area (Å²) in [6, 6.07) is 14.9. The van der Waals surface area contributed by atoms with Gasteiger partial charge in [-0.1, -0.05) is 28.1 Å². The van der Waals surface area contributed by atoms with Crippen LogP contribution in [-0.2, 0) is 0 Å². The molecule has 0 aliphatic carbocycles. The van der Waals surface area contributed by atoms with E-state index in [1.165, 1.54) is 15.3 Å². The average Bonchev–Trinajstić information content (AvgIpc) is 3.33. The first-order valence-electron chi connectivity index (χ1n) is 7.69. The van der Waals surface area contributed by atoms with Crippen molar-refractivity contribution >= 4 is 44.3 Å². The fourth-order valence-electron chi connectivity index (χ4n) is 3.27. The summed E-state index contributed by atoms with van der Waals surface area (Å²) < 4.78 is 7.40. The molecular formula is C18H13BrN2OS2. The van der Waals surface area contributed by atoms with Crippen molar-refractivity contribution in [2.75, 3.05) is 0 Å². The molecule has 0 unspecified atom stereocenters. The Morgan fingerprint density at radius 3 is 2.79 bits per heavy atom. The van der Waals surface area contributed by atoms with Crippen LogP contribution in [0, 0.1) is 0 Å². The Labute approximate surface area is 156 Å². The van der Waals surface area contributed by atoms with Crippen molar-refractivity contribution in [2.24, 2.45) is 5.10 Å². The van der Waals surface area contributed by atoms with E-state index in [2.05, 4.69) is 68.1 Å². The van der Waals surface area contributed by atoms with E-state index in [4.69, 9.17) is 9.84 Å². The second kappa shape index (κ2) is 5.72. The lowest BCUT2D eigenvalue weighted by molar-refractivity contribution is -0.0166. The SMILES string of the molecule is Brc1ccc2c(c1)[C@@H]1CC(c3cccs3)=NN1[C@H](c1cccs1)O2. The zero-order chi connectivity index (χ0) is 16.1. The van der Waals surface area contributed by atoms with Gasteiger partial charge in [-0.2, -0.15) is 5.10 Å². The van der Waals surface area contributed by atoms with E-state index < -0.39 is 0 Å². The van der Waals surface area contributed by atoms with Crippen molar-refractivity contribution in [3.63, 3.8) is 0 Å². The summed E-state index contributed by atoms with van der Waals surface area (Å²) in [5, 5.41) is 11.3. The molecule has 3 aromatic rings. The standard InChI is InChI=1S/C18H13BrN2OS2/c19-11-5-6-15-12(9-11)14-10-13(16-3-1-7-23-16)20-21(14)18(22-15)17-4-2-8-24-17/h1-9,14,18H,10H2/t14-,18-/m0/s1. The van der Waals surface area contributed by atoms with Crippen LogP contribution in [0.1, 0.15) is 34.0 Å². The molecule has 2 aliphatic heterocycles. The highest BCUT2D eigenvalue weighted by Gasteiger charge is 2.41. The predicted molar refractivity (Wildman–Crippen MR) is 102 cm³/mol. The number of hydrogen-bond donors (Lipinski definition) is 0. The van der Waals surface area contributed by atoms with Gasteiger partial charge in [0.15, 0.2) is 0 Å². The minimum Gasteiger partial charge on any atom is -0.464 e. The van der Waals surface area contributed by atoms with Gasteiger partial charge in [-0.3, -0.25) is 0 Å². The Morgan fingerprint density at radius 1 is 1.12 bits per heavy atom. The molecule has 2 aromatic heterocycles. The lowest BCUT2D eigenvalue weighted by atomic mass is 9.98. The summed E-state index contributed by atoms with van der Waals surface area (Å²) >= 11 is 7.04. The molecule has 4 heterocycles. The number of halogens is 1. The van der Waals surface area contributed by atoms with E-state index in [1.54, 1.807) is 22.7 Å². The highest BCUT2D eigenvalue weighted by molar-refractivity contribution is 9.10. The third-order valence-corrected chi connectivity index (χ3v) is 6.66. The molecule has 24 heavy (non-hydrogen) atoms. The Kier molecular flexibility index (Phi) is 3.50. The smallest absolute Gasteiger partial charge is 0.222 e. The molecule has 0 N–H and O–H groups in total. The van der Waals surface area contributed by atoms with Gasteiger partial charge in [0.25, 0.3) is 0 Å². The molecule has 2 atom stereocenters. The molecule has 1 aromatic carbocycles. The van der Waals surface area contributed by atoms with Gasteiger partial charge in [0.05, 0.1) is 21.5 Å². The zero-order valence-corrected chi connectivity index (χ0v) is 15.8. The number of ether oxygens (including phenoxy) is 1. The number of nitrogens with zero attached hydrogens (tertiary/aromatic N) is 2. The van der Waals surface area contributed by atoms with Gasteiger partial charge >= 0.3 is 0 Å². The molecular weight excluding hydrogens is 404 g/mol. The molecule has 2 aliphatic rings. The monoisotopic (exact) mass is 416 g/mol. The highest BCUT2D eigenvalue weighted by atomic mass is 79.9. The maximum absolute atomic E-state index is 6.32. The first-order valence-corrected chi connectivity index (χ1v) is 10.2. The Balaban J connectivity index is 1.62. The van der Waals surface area contributed by atoms with Gasteiger partial charge in [-0.25, -0.2) is 5.01 Å². The molecule has 0 spiro atoms. The predicted octanol–water partition coefficient (Wildman–Crippen LogP) is 5.81. The van der Waals surface area contributed by atoms with Crippen molar-refractivity contribution in [1.29, 1.82) is 0 Å². The minimum atomic E-state index is -0.152. The largest absolute Gasteiger partial charge is 0.464 e. The lowest BCUT2D eigenvalue weighted by Gasteiger charge is -2.37. The van der Waals surface area contributed by atoms with E-state index in [1.807, 2.05) is 6.07 Å². The first kappa shape index (κ1) is 14.7. The van der Waals surface area contributed by atoms with Crippen molar-refractivity contribution in [3.05, 3.63) is 73.0 Å². The molecule has 120 valence electrons. The Morgan fingerprint density at radius 2 is 2.00 bits per heavy atom. The van der Waals surface area contributed by atoms with Crippen LogP contribution in [0.2, 0.25) is 0 Å². The topological polar surface area (TPSA) is 24.8 Å². The van der Waals surface area contributed by atoms with Crippen LogP contribution in [0.5, 0.6) is 5.75 Å². The van der Waals surface area contributed by atoms with E-state index in [-0.39, 0.29) is 12.3 Å². The Bertz CT molecular complexity index is 905. The summed E-state index contributed by atoms with van der Waals surface area (Å²) in [6.45, 7) is 0. The third kappa shape index (κ3) is 2.32. The lowest BCUT2D eigenvalue weighted by Crippen LogP contribution is -2.33. The first-order chi connectivity index (χ1) is 11.8. The van der Waals surface area contributed by atoms with Crippen LogP contribution in [0.4, 0.5) is 0 Å². The van der Waals surface area contributed by atoms with Crippen LogP contribution in [-0.4, -0.2) is 10.7 Å². The molecule has 6 heteroatoms. The van der Waals surface area contributed by atoms with Crippen LogP contribution in [0.15, 0.2) is 62.8 Å². The summed E-state index contributed by atoms with van der Waals surface area (Å²) in [4.78, 5) is 2.43. The Hall–Kier alpha value is -1.63. The number of thiophene rings is 2. The van der Waals surface area contributed by atoms with Crippen LogP contribution in [0.3, 0.4) is 0 Å². The molecule has 0 saturated heterocycles. The number of benzene rings is 1. The van der Waals surface area contributed by atoms with Crippen molar-refractivity contribution in [1.82, 2.24) is 5.01 Å². The van der Waals surface area contributed by atoms with Gasteiger partial charge in [-0.15, -0.1) is 22.7 Å². The van der Waals surface area contributed by atoms with Crippen LogP contribution in [0.25, 0.3) is 0 Å². The van der Waals surface area contributed by atoms with Gasteiger partial charge in [-0.05, 0) is 41.1 Å². The van der Waals surface area contributed by atoms with Crippen molar-refractivity contribution < 1.29 is 4.74 Å². The normalized spacial score (nSPS) is 21.9. The fraction of sp³-hybridized carbons (Fsp3) is 0.167. The molecule has 3 nitrogen and oxygen atoms in total. The fourth-order valence-corrected chi connectivity index (χ4v) is 5.11. The number of hydrazone groups is 1. The second-order valence-electron chi connectivity index (χ2n) is 5.79. The highest BCUT2D eigenvalue weighted by Crippen LogP contribution is 2.48. The number of hydrogen-bond acceptors (Lipinski definition) is 5. The summed E-state index contributed by atoms with van der Waals surface area (Å²) in [5.74, 6) is 0.959. The van der Waals surface area contributed by atoms with Gasteiger partial charge in [0.2, 0.25) is 6.23 Å². The maximum atomic E-state index is 6.32. The molecule has 0 saturated carbocycles. The van der Waals surface area contributed by atoms with Crippen LogP contribution < -0.4 is 4.74 Å². The summed E-state index contributed by atoms with van der Waals surface area (Å²) in [5.41, 5.74) is 2.35. The summed E-state index contributed by atoms with van der Waals surface area (Å²) in [7, 11) is 0. The molecule has 5 rings (SSSR count). The minimum absolute atomic E-state index is 0.152. The van der Waals surface area contributed by atoms with E-state index in [0.717, 1.165) is 22.4 Å². The van der Waals surface area contributed by atoms with Crippen molar-refractivity contribution in [2.45, 2.75) is 18.7 Å². The van der Waals surface area contributed by atoms with Crippen LogP contribution >= 0.6 is 38.6 Å². The van der Waals surface area contributed by atoms with E-state index in [9.17, 15) is 0 Å². The third-order valence-electron chi connectivity index (χ3n) is 4.34. The zero-order valence-electron chi connectivity index (χ0n) is 12.6. The molecule has 0 amide bonds. The van der Waals surface area contributed by atoms with E-state index >= 15 is 0 Å². The van der Waals surface area contributed by atoms with Gasteiger partial charge < -0.3 is 4.74 Å². The van der Waals surface area contributed by atoms with E-state index in [0.29, 0.717) is 0 Å². The number of fused-ring (bicyclic) bond motifs is 3. The molecule has 0 fully saturated rings. The summed E-state index contributed by atoms with van der Waals surface area (Å²) in [6.07, 6.45) is 0.760. The maximum Gasteiger partial charge on any atom is 0.222 e. The van der Waals surface area contributed by atoms with Gasteiger partial charge in [0.1, 0.15) is 5.75 Å². The average molecular weight is 417 g/mol. The molecule has 0 radical (unpaired) electrons. The van der Waals surface area contributed by atoms with Crippen molar-refractivity contribution in [3.8, 4) is 5.75 Å². The second-order valence-corrected chi connectivity index (χ2v) is 8.63. The quantitative estimate of drug-likeness (QED) is 0.525.